The van der Waals surface area contributed by atoms with Crippen molar-refractivity contribution in [1.29, 1.82) is 0 Å². The summed E-state index contributed by atoms with van der Waals surface area (Å²) in [5, 5.41) is 0. The van der Waals surface area contributed by atoms with Gasteiger partial charge in [0.1, 0.15) is 0 Å². The molecule has 0 N–H and O–H groups in total. The Hall–Kier alpha value is 0.980. The van der Waals surface area contributed by atoms with Gasteiger partial charge in [0, 0.05) is 0 Å². The number of likely N-dealkylation sites (tertiary alicyclic amines) is 1. The van der Waals surface area contributed by atoms with E-state index in [1.54, 1.807) is 11.1 Å². The Balaban J connectivity index is 1.69. The SMILES string of the molecule is S=C(S[Te]1(I)Cc2ccccc2C1)N1CCCC1. The zero-order valence-electron chi connectivity index (χ0n) is 10.1. The zero-order chi connectivity index (χ0) is 12.6. The van der Waals surface area contributed by atoms with Crippen LogP contribution in [0.3, 0.4) is 0 Å². The van der Waals surface area contributed by atoms with Gasteiger partial charge in [0.05, 0.1) is 0 Å². The number of thiocarbonyl (C=S) groups is 1. The summed E-state index contributed by atoms with van der Waals surface area (Å²) in [6.45, 7) is 2.38. The monoisotopic (exact) mass is 507 g/mol. The fourth-order valence-corrected chi connectivity index (χ4v) is 26.7. The summed E-state index contributed by atoms with van der Waals surface area (Å²) in [7, 11) is 2.10. The molecule has 0 atom stereocenters. The van der Waals surface area contributed by atoms with Gasteiger partial charge in [0.15, 0.2) is 0 Å². The van der Waals surface area contributed by atoms with Crippen LogP contribution >= 0.6 is 39.9 Å². The molecular weight excluding hydrogens is 489 g/mol. The summed E-state index contributed by atoms with van der Waals surface area (Å²) < 4.78 is 3.85. The molecule has 0 aromatic heterocycles. The molecular formula is C13H16INS2Te. The van der Waals surface area contributed by atoms with E-state index >= 15 is 0 Å². The van der Waals surface area contributed by atoms with E-state index in [1.165, 1.54) is 39.2 Å². The van der Waals surface area contributed by atoms with Crippen LogP contribution in [0.4, 0.5) is 0 Å². The van der Waals surface area contributed by atoms with Gasteiger partial charge in [-0.1, -0.05) is 0 Å². The molecule has 0 aliphatic carbocycles. The van der Waals surface area contributed by atoms with E-state index in [9.17, 15) is 0 Å². The van der Waals surface area contributed by atoms with Gasteiger partial charge in [-0.3, -0.25) is 0 Å². The fraction of sp³-hybridized carbons (Fsp3) is 0.462. The van der Waals surface area contributed by atoms with Gasteiger partial charge in [-0.25, -0.2) is 0 Å². The molecule has 18 heavy (non-hydrogen) atoms. The van der Waals surface area contributed by atoms with Crippen LogP contribution in [0, 0.1) is 0 Å². The first-order valence-corrected chi connectivity index (χ1v) is 20.3. The topological polar surface area (TPSA) is 3.24 Å². The molecule has 0 radical (unpaired) electrons. The molecule has 1 aromatic carbocycles. The van der Waals surface area contributed by atoms with Crippen LogP contribution in [0.1, 0.15) is 24.0 Å². The number of hydrogen-bond donors (Lipinski definition) is 0. The number of hydrogen-bond acceptors (Lipinski definition) is 2. The van der Waals surface area contributed by atoms with Crippen molar-refractivity contribution in [3.05, 3.63) is 35.4 Å². The molecule has 3 rings (SSSR count). The Labute approximate surface area is 131 Å². The normalized spacial score (nSPS) is 22.8. The number of rotatable bonds is 1. The summed E-state index contributed by atoms with van der Waals surface area (Å²) in [6.07, 6.45) is 2.64. The minimum atomic E-state index is -1.89. The van der Waals surface area contributed by atoms with E-state index in [2.05, 4.69) is 56.9 Å². The van der Waals surface area contributed by atoms with E-state index in [0.29, 0.717) is 0 Å². The number of nitrogens with zero attached hydrogens (tertiary/aromatic N) is 1. The van der Waals surface area contributed by atoms with E-state index in [1.807, 2.05) is 0 Å². The quantitative estimate of drug-likeness (QED) is 0.325. The summed E-state index contributed by atoms with van der Waals surface area (Å²) in [4.78, 5) is 2.43. The van der Waals surface area contributed by atoms with Crippen LogP contribution in [0.2, 0.25) is 0 Å². The summed E-state index contributed by atoms with van der Waals surface area (Å²) in [5.41, 5.74) is 3.18. The van der Waals surface area contributed by atoms with Crippen LogP contribution in [-0.2, 0) is 8.94 Å². The fourth-order valence-electron chi connectivity index (χ4n) is 2.49. The average Bonchev–Trinajstić information content (AvgIpc) is 2.93. The average molecular weight is 505 g/mol. The molecule has 5 heteroatoms. The van der Waals surface area contributed by atoms with Gasteiger partial charge in [0.2, 0.25) is 0 Å². The summed E-state index contributed by atoms with van der Waals surface area (Å²) in [5.74, 6) is 0. The molecule has 2 aliphatic heterocycles. The molecule has 0 unspecified atom stereocenters. The van der Waals surface area contributed by atoms with Gasteiger partial charge in [-0.05, 0) is 0 Å². The molecule has 0 spiro atoms. The predicted molar refractivity (Wildman–Crippen MR) is 94.6 cm³/mol. The second-order valence-corrected chi connectivity index (χ2v) is 32.8. The molecule has 2 heterocycles. The Kier molecular flexibility index (Phi) is 4.47. The van der Waals surface area contributed by atoms with Gasteiger partial charge in [0.25, 0.3) is 0 Å². The third-order valence-electron chi connectivity index (χ3n) is 3.45. The molecule has 0 amide bonds. The van der Waals surface area contributed by atoms with Crippen molar-refractivity contribution in [2.75, 3.05) is 13.1 Å². The van der Waals surface area contributed by atoms with Crippen molar-refractivity contribution in [3.63, 3.8) is 0 Å². The number of halogens is 1. The zero-order valence-corrected chi connectivity index (χ0v) is 16.2. The maximum atomic E-state index is 5.66. The first-order valence-electron chi connectivity index (χ1n) is 6.20. The van der Waals surface area contributed by atoms with E-state index < -0.39 is 12.9 Å². The van der Waals surface area contributed by atoms with Crippen molar-refractivity contribution in [1.82, 2.24) is 4.90 Å². The second kappa shape index (κ2) is 5.77. The molecule has 1 aromatic rings. The van der Waals surface area contributed by atoms with Crippen LogP contribution in [-0.4, -0.2) is 35.2 Å². The van der Waals surface area contributed by atoms with Crippen molar-refractivity contribution in [2.45, 2.75) is 21.8 Å². The van der Waals surface area contributed by atoms with Crippen LogP contribution in [0.5, 0.6) is 0 Å². The summed E-state index contributed by atoms with van der Waals surface area (Å²) >= 11 is 6.58. The van der Waals surface area contributed by atoms with Crippen molar-refractivity contribution in [3.8, 4) is 0 Å². The third-order valence-corrected chi connectivity index (χ3v) is 23.2. The van der Waals surface area contributed by atoms with E-state index in [0.717, 1.165) is 0 Å². The van der Waals surface area contributed by atoms with Crippen LogP contribution in [0.25, 0.3) is 0 Å². The first kappa shape index (κ1) is 13.9. The minimum absolute atomic E-state index is 1.19. The Morgan fingerprint density at radius 1 is 1.17 bits per heavy atom. The molecule has 1 saturated heterocycles. The van der Waals surface area contributed by atoms with Crippen molar-refractivity contribution >= 4 is 57.1 Å². The summed E-state index contributed by atoms with van der Waals surface area (Å²) in [6, 6.07) is 8.96. The Morgan fingerprint density at radius 2 is 1.72 bits per heavy atom. The molecule has 2 aliphatic rings. The Bertz CT molecular complexity index is 449. The van der Waals surface area contributed by atoms with Gasteiger partial charge in [-0.15, -0.1) is 0 Å². The van der Waals surface area contributed by atoms with E-state index in [-0.39, 0.29) is 0 Å². The van der Waals surface area contributed by atoms with Crippen molar-refractivity contribution in [2.24, 2.45) is 0 Å². The van der Waals surface area contributed by atoms with Gasteiger partial charge >= 0.3 is 132 Å². The maximum absolute atomic E-state index is 5.66. The first-order chi connectivity index (χ1) is 8.66. The Morgan fingerprint density at radius 3 is 2.28 bits per heavy atom. The van der Waals surface area contributed by atoms with Gasteiger partial charge < -0.3 is 0 Å². The third kappa shape index (κ3) is 3.01. The van der Waals surface area contributed by atoms with Gasteiger partial charge in [-0.2, -0.15) is 0 Å². The number of benzene rings is 1. The second-order valence-electron chi connectivity index (χ2n) is 4.82. The van der Waals surface area contributed by atoms with E-state index in [4.69, 9.17) is 12.2 Å². The van der Waals surface area contributed by atoms with Crippen LogP contribution in [0.15, 0.2) is 24.3 Å². The standard InChI is InChI=1S/C13H16INS2Te/c14-18(17-13(16)15-7-3-4-8-15)9-11-5-1-2-6-12(11)10-18/h1-2,5-6H,3-4,7-10H2. The molecule has 0 bridgehead atoms. The molecule has 0 saturated carbocycles. The van der Waals surface area contributed by atoms with Crippen molar-refractivity contribution < 1.29 is 0 Å². The van der Waals surface area contributed by atoms with Crippen LogP contribution < -0.4 is 0 Å². The molecule has 1 fully saturated rings. The number of fused-ring (bicyclic) bond motifs is 1. The molecule has 1 nitrogen and oxygen atoms in total. The molecule has 98 valence electrons. The predicted octanol–water partition coefficient (Wildman–Crippen LogP) is 3.85.